The summed E-state index contributed by atoms with van der Waals surface area (Å²) < 4.78 is 0. The van der Waals surface area contributed by atoms with Gasteiger partial charge in [0, 0.05) is 12.8 Å². The molecule has 0 amide bonds. The largest absolute Gasteiger partial charge is 0.396 e. The molecule has 0 spiro atoms. The fraction of sp³-hybridized carbons (Fsp3) is 0.222. The number of pyridine rings is 1. The van der Waals surface area contributed by atoms with Crippen LogP contribution in [0.15, 0.2) is 18.3 Å². The number of halogens is 2. The first-order valence-corrected chi connectivity index (χ1v) is 4.58. The molecule has 0 saturated carbocycles. The van der Waals surface area contributed by atoms with Crippen molar-refractivity contribution in [1.82, 2.24) is 4.98 Å². The molecule has 0 radical (unpaired) electrons. The molecule has 70 valence electrons. The first kappa shape index (κ1) is 10.5. The van der Waals surface area contributed by atoms with Crippen LogP contribution >= 0.6 is 23.2 Å². The number of aliphatic hydroxyl groups is 1. The van der Waals surface area contributed by atoms with Crippen LogP contribution < -0.4 is 0 Å². The minimum atomic E-state index is 0.144. The Labute approximate surface area is 86.8 Å². The maximum atomic E-state index is 8.53. The molecule has 0 atom stereocenters. The Morgan fingerprint density at radius 1 is 1.46 bits per heavy atom. The number of nitrogens with zero attached hydrogens (tertiary/aromatic N) is 1. The van der Waals surface area contributed by atoms with Crippen molar-refractivity contribution in [3.05, 3.63) is 34.1 Å². The normalized spacial score (nSPS) is 11.0. The van der Waals surface area contributed by atoms with E-state index in [0.29, 0.717) is 16.6 Å². The SMILES string of the molecule is OCCC=Cc1cnc(Cl)c(Cl)c1. The highest BCUT2D eigenvalue weighted by Gasteiger charge is 1.97. The Hall–Kier alpha value is -0.570. The second-order valence-electron chi connectivity index (χ2n) is 2.46. The lowest BCUT2D eigenvalue weighted by Gasteiger charge is -1.95. The summed E-state index contributed by atoms with van der Waals surface area (Å²) in [7, 11) is 0. The summed E-state index contributed by atoms with van der Waals surface area (Å²) in [6, 6.07) is 1.73. The van der Waals surface area contributed by atoms with Gasteiger partial charge in [0.15, 0.2) is 0 Å². The van der Waals surface area contributed by atoms with E-state index in [4.69, 9.17) is 28.3 Å². The highest BCUT2D eigenvalue weighted by Crippen LogP contribution is 2.20. The number of hydrogen-bond acceptors (Lipinski definition) is 2. The van der Waals surface area contributed by atoms with Crippen molar-refractivity contribution >= 4 is 29.3 Å². The minimum absolute atomic E-state index is 0.144. The Balaban J connectivity index is 2.73. The predicted molar refractivity (Wildman–Crippen MR) is 55.0 cm³/mol. The quantitative estimate of drug-likeness (QED) is 0.791. The van der Waals surface area contributed by atoms with E-state index >= 15 is 0 Å². The second kappa shape index (κ2) is 5.22. The molecule has 0 unspecified atom stereocenters. The van der Waals surface area contributed by atoms with Crippen LogP contribution in [0.5, 0.6) is 0 Å². The predicted octanol–water partition coefficient (Wildman–Crippen LogP) is 2.78. The van der Waals surface area contributed by atoms with Crippen LogP contribution in [0.4, 0.5) is 0 Å². The lowest BCUT2D eigenvalue weighted by molar-refractivity contribution is 0.303. The molecule has 1 aromatic rings. The maximum Gasteiger partial charge on any atom is 0.147 e. The minimum Gasteiger partial charge on any atom is -0.396 e. The third-order valence-corrected chi connectivity index (χ3v) is 2.11. The first-order chi connectivity index (χ1) is 6.24. The van der Waals surface area contributed by atoms with Crippen molar-refractivity contribution in [3.8, 4) is 0 Å². The van der Waals surface area contributed by atoms with Crippen LogP contribution in [0, 0.1) is 0 Å². The summed E-state index contributed by atoms with van der Waals surface area (Å²) in [5.74, 6) is 0. The molecule has 2 nitrogen and oxygen atoms in total. The van der Waals surface area contributed by atoms with Gasteiger partial charge < -0.3 is 5.11 Å². The van der Waals surface area contributed by atoms with Gasteiger partial charge in [0.1, 0.15) is 5.15 Å². The number of rotatable bonds is 3. The van der Waals surface area contributed by atoms with Crippen molar-refractivity contribution in [3.63, 3.8) is 0 Å². The molecule has 0 aromatic carbocycles. The van der Waals surface area contributed by atoms with E-state index in [1.54, 1.807) is 12.3 Å². The summed E-state index contributed by atoms with van der Waals surface area (Å²) in [4.78, 5) is 3.88. The van der Waals surface area contributed by atoms with Crippen LogP contribution in [-0.4, -0.2) is 16.7 Å². The Bertz CT molecular complexity index is 312. The van der Waals surface area contributed by atoms with Gasteiger partial charge in [-0.15, -0.1) is 0 Å². The van der Waals surface area contributed by atoms with Gasteiger partial charge in [-0.25, -0.2) is 4.98 Å². The number of hydrogen-bond donors (Lipinski definition) is 1. The van der Waals surface area contributed by atoms with E-state index in [1.165, 1.54) is 0 Å². The van der Waals surface area contributed by atoms with Crippen molar-refractivity contribution in [2.24, 2.45) is 0 Å². The zero-order chi connectivity index (χ0) is 9.68. The van der Waals surface area contributed by atoms with Gasteiger partial charge in [0.25, 0.3) is 0 Å². The van der Waals surface area contributed by atoms with Gasteiger partial charge in [-0.1, -0.05) is 35.4 Å². The van der Waals surface area contributed by atoms with E-state index in [0.717, 1.165) is 5.56 Å². The molecule has 0 saturated heterocycles. The third kappa shape index (κ3) is 3.35. The Kier molecular flexibility index (Phi) is 4.22. The fourth-order valence-corrected chi connectivity index (χ4v) is 1.10. The molecule has 1 aromatic heterocycles. The summed E-state index contributed by atoms with van der Waals surface area (Å²) in [6.45, 7) is 0.144. The molecule has 4 heteroatoms. The molecule has 0 aliphatic carbocycles. The van der Waals surface area contributed by atoms with Crippen molar-refractivity contribution in [1.29, 1.82) is 0 Å². The van der Waals surface area contributed by atoms with Gasteiger partial charge in [0.05, 0.1) is 5.02 Å². The standard InChI is InChI=1S/C9H9Cl2NO/c10-8-5-7(3-1-2-4-13)6-12-9(8)11/h1,3,5-6,13H,2,4H2. The summed E-state index contributed by atoms with van der Waals surface area (Å²) in [5, 5.41) is 9.27. The molecule has 0 aliphatic heterocycles. The first-order valence-electron chi connectivity index (χ1n) is 3.82. The van der Waals surface area contributed by atoms with Crippen LogP contribution in [0.25, 0.3) is 6.08 Å². The highest BCUT2D eigenvalue weighted by molar-refractivity contribution is 6.41. The monoisotopic (exact) mass is 217 g/mol. The molecule has 1 heterocycles. The van der Waals surface area contributed by atoms with Crippen molar-refractivity contribution < 1.29 is 5.11 Å². The fourth-order valence-electron chi connectivity index (χ4n) is 0.821. The van der Waals surface area contributed by atoms with Crippen LogP contribution in [-0.2, 0) is 0 Å². The van der Waals surface area contributed by atoms with E-state index in [1.807, 2.05) is 12.2 Å². The van der Waals surface area contributed by atoms with E-state index in [-0.39, 0.29) is 6.61 Å². The molecular formula is C9H9Cl2NO. The highest BCUT2D eigenvalue weighted by atomic mass is 35.5. The van der Waals surface area contributed by atoms with Crippen LogP contribution in [0.3, 0.4) is 0 Å². The molecule has 13 heavy (non-hydrogen) atoms. The lowest BCUT2D eigenvalue weighted by atomic mass is 10.2. The van der Waals surface area contributed by atoms with Crippen LogP contribution in [0.2, 0.25) is 10.2 Å². The summed E-state index contributed by atoms with van der Waals surface area (Å²) >= 11 is 11.4. The number of aliphatic hydroxyl groups excluding tert-OH is 1. The average Bonchev–Trinajstić information content (AvgIpc) is 2.12. The van der Waals surface area contributed by atoms with E-state index in [9.17, 15) is 0 Å². The zero-order valence-corrected chi connectivity index (χ0v) is 8.39. The van der Waals surface area contributed by atoms with Crippen molar-refractivity contribution in [2.75, 3.05) is 6.61 Å². The van der Waals surface area contributed by atoms with E-state index < -0.39 is 0 Å². The molecule has 1 rings (SSSR count). The smallest absolute Gasteiger partial charge is 0.147 e. The van der Waals surface area contributed by atoms with Gasteiger partial charge >= 0.3 is 0 Å². The van der Waals surface area contributed by atoms with Gasteiger partial charge in [0.2, 0.25) is 0 Å². The Morgan fingerprint density at radius 3 is 2.85 bits per heavy atom. The molecule has 0 bridgehead atoms. The van der Waals surface area contributed by atoms with Crippen molar-refractivity contribution in [2.45, 2.75) is 6.42 Å². The average molecular weight is 218 g/mol. The molecule has 0 fully saturated rings. The number of aromatic nitrogens is 1. The summed E-state index contributed by atoms with van der Waals surface area (Å²) in [5.41, 5.74) is 0.878. The molecule has 1 N–H and O–H groups in total. The Morgan fingerprint density at radius 2 is 2.23 bits per heavy atom. The third-order valence-electron chi connectivity index (χ3n) is 1.42. The zero-order valence-electron chi connectivity index (χ0n) is 6.87. The second-order valence-corrected chi connectivity index (χ2v) is 3.22. The van der Waals surface area contributed by atoms with Crippen LogP contribution in [0.1, 0.15) is 12.0 Å². The molecule has 0 aliphatic rings. The lowest BCUT2D eigenvalue weighted by Crippen LogP contribution is -1.80. The summed E-state index contributed by atoms with van der Waals surface area (Å²) in [6.07, 6.45) is 5.94. The van der Waals surface area contributed by atoms with Gasteiger partial charge in [-0.05, 0) is 18.1 Å². The van der Waals surface area contributed by atoms with Gasteiger partial charge in [-0.2, -0.15) is 0 Å². The molecular weight excluding hydrogens is 209 g/mol. The van der Waals surface area contributed by atoms with Gasteiger partial charge in [-0.3, -0.25) is 0 Å². The maximum absolute atomic E-state index is 8.53. The topological polar surface area (TPSA) is 33.1 Å². The van der Waals surface area contributed by atoms with E-state index in [2.05, 4.69) is 4.98 Å².